The van der Waals surface area contributed by atoms with E-state index in [-0.39, 0.29) is 6.04 Å². The molecular weight excluding hydrogens is 222 g/mol. The summed E-state index contributed by atoms with van der Waals surface area (Å²) in [4.78, 5) is 6.53. The van der Waals surface area contributed by atoms with Gasteiger partial charge in [-0.25, -0.2) is 0 Å². The molecule has 2 rings (SSSR count). The Labute approximate surface area is 108 Å². The zero-order chi connectivity index (χ0) is 13.0. The molecule has 0 aliphatic rings. The van der Waals surface area contributed by atoms with Crippen LogP contribution >= 0.6 is 0 Å². The van der Waals surface area contributed by atoms with Crippen molar-refractivity contribution in [1.82, 2.24) is 4.98 Å². The topological polar surface area (TPSA) is 42.1 Å². The monoisotopic (exact) mass is 241 g/mol. The lowest BCUT2D eigenvalue weighted by molar-refractivity contribution is 0.675. The summed E-state index contributed by atoms with van der Waals surface area (Å²) in [6.45, 7) is 2.07. The van der Waals surface area contributed by atoms with Crippen molar-refractivity contribution >= 4 is 11.4 Å². The van der Waals surface area contributed by atoms with Crippen LogP contribution in [-0.2, 0) is 0 Å². The van der Waals surface area contributed by atoms with Crippen molar-refractivity contribution in [3.63, 3.8) is 0 Å². The van der Waals surface area contributed by atoms with Crippen molar-refractivity contribution in [2.24, 2.45) is 5.73 Å². The number of anilines is 2. The fraction of sp³-hybridized carbons (Fsp3) is 0.267. The van der Waals surface area contributed by atoms with Crippen molar-refractivity contribution in [1.29, 1.82) is 0 Å². The number of rotatable bonds is 4. The Bertz CT molecular complexity index is 479. The summed E-state index contributed by atoms with van der Waals surface area (Å²) in [6.07, 6.45) is 2.78. The Morgan fingerprint density at radius 2 is 1.83 bits per heavy atom. The third kappa shape index (κ3) is 2.68. The summed E-state index contributed by atoms with van der Waals surface area (Å²) < 4.78 is 0. The summed E-state index contributed by atoms with van der Waals surface area (Å²) in [7, 11) is 2.03. The van der Waals surface area contributed by atoms with E-state index >= 15 is 0 Å². The molecule has 1 aromatic carbocycles. The number of hydrogen-bond acceptors (Lipinski definition) is 3. The van der Waals surface area contributed by atoms with E-state index in [1.165, 1.54) is 0 Å². The molecule has 2 N–H and O–H groups in total. The molecule has 1 aromatic heterocycles. The maximum atomic E-state index is 5.96. The Morgan fingerprint density at radius 3 is 2.39 bits per heavy atom. The quantitative estimate of drug-likeness (QED) is 0.893. The van der Waals surface area contributed by atoms with E-state index in [4.69, 9.17) is 5.73 Å². The van der Waals surface area contributed by atoms with Crippen LogP contribution in [-0.4, -0.2) is 12.0 Å². The van der Waals surface area contributed by atoms with Gasteiger partial charge < -0.3 is 10.6 Å². The van der Waals surface area contributed by atoms with Crippen molar-refractivity contribution in [3.05, 3.63) is 54.4 Å². The highest BCUT2D eigenvalue weighted by molar-refractivity contribution is 5.61. The van der Waals surface area contributed by atoms with E-state index in [0.717, 1.165) is 23.5 Å². The van der Waals surface area contributed by atoms with Crippen molar-refractivity contribution < 1.29 is 0 Å². The van der Waals surface area contributed by atoms with E-state index in [1.807, 2.05) is 37.5 Å². The smallest absolute Gasteiger partial charge is 0.0594 e. The SMILES string of the molecule is CC[C@H](N)c1ccc(N(C)c2ccccc2)cn1. The fourth-order valence-electron chi connectivity index (χ4n) is 1.83. The summed E-state index contributed by atoms with van der Waals surface area (Å²) in [6, 6.07) is 14.3. The molecule has 0 amide bonds. The molecule has 0 saturated heterocycles. The number of para-hydroxylation sites is 1. The van der Waals surface area contributed by atoms with Crippen LogP contribution in [0.15, 0.2) is 48.7 Å². The lowest BCUT2D eigenvalue weighted by Crippen LogP contribution is -2.13. The van der Waals surface area contributed by atoms with Gasteiger partial charge in [0.2, 0.25) is 0 Å². The standard InChI is InChI=1S/C15H19N3/c1-3-14(16)15-10-9-13(11-17-15)18(2)12-7-5-4-6-8-12/h4-11,14H,3,16H2,1-2H3/t14-/m0/s1. The highest BCUT2D eigenvalue weighted by Crippen LogP contribution is 2.23. The summed E-state index contributed by atoms with van der Waals surface area (Å²) in [5.74, 6) is 0. The summed E-state index contributed by atoms with van der Waals surface area (Å²) in [5.41, 5.74) is 9.11. The molecule has 0 spiro atoms. The van der Waals surface area contributed by atoms with E-state index in [1.54, 1.807) is 0 Å². The Kier molecular flexibility index (Phi) is 3.95. The van der Waals surface area contributed by atoms with Gasteiger partial charge in [0.25, 0.3) is 0 Å². The van der Waals surface area contributed by atoms with Gasteiger partial charge in [-0.2, -0.15) is 0 Å². The molecule has 3 nitrogen and oxygen atoms in total. The van der Waals surface area contributed by atoms with E-state index in [0.29, 0.717) is 0 Å². The number of nitrogens with two attached hydrogens (primary N) is 1. The number of nitrogens with zero attached hydrogens (tertiary/aromatic N) is 2. The highest BCUT2D eigenvalue weighted by atomic mass is 15.1. The second kappa shape index (κ2) is 5.65. The molecule has 0 bridgehead atoms. The van der Waals surface area contributed by atoms with E-state index in [9.17, 15) is 0 Å². The molecule has 0 aliphatic heterocycles. The van der Waals surface area contributed by atoms with Gasteiger partial charge in [-0.15, -0.1) is 0 Å². The van der Waals surface area contributed by atoms with Crippen LogP contribution in [0, 0.1) is 0 Å². The first kappa shape index (κ1) is 12.6. The number of hydrogen-bond donors (Lipinski definition) is 1. The largest absolute Gasteiger partial charge is 0.343 e. The van der Waals surface area contributed by atoms with Gasteiger partial charge >= 0.3 is 0 Å². The zero-order valence-corrected chi connectivity index (χ0v) is 10.9. The summed E-state index contributed by atoms with van der Waals surface area (Å²) in [5, 5.41) is 0. The highest BCUT2D eigenvalue weighted by Gasteiger charge is 2.07. The Morgan fingerprint density at radius 1 is 1.11 bits per heavy atom. The minimum atomic E-state index is 0.0288. The number of pyridine rings is 1. The average molecular weight is 241 g/mol. The van der Waals surface area contributed by atoms with Crippen LogP contribution in [0.2, 0.25) is 0 Å². The second-order valence-electron chi connectivity index (χ2n) is 4.35. The first-order valence-electron chi connectivity index (χ1n) is 6.22. The molecule has 3 heteroatoms. The first-order valence-corrected chi connectivity index (χ1v) is 6.22. The molecule has 94 valence electrons. The van der Waals surface area contributed by atoms with Crippen LogP contribution in [0.1, 0.15) is 25.1 Å². The van der Waals surface area contributed by atoms with Crippen molar-refractivity contribution in [2.75, 3.05) is 11.9 Å². The molecule has 2 aromatic rings. The van der Waals surface area contributed by atoms with Crippen LogP contribution in [0.5, 0.6) is 0 Å². The van der Waals surface area contributed by atoms with Gasteiger partial charge in [0, 0.05) is 18.8 Å². The van der Waals surface area contributed by atoms with Crippen LogP contribution in [0.4, 0.5) is 11.4 Å². The number of aromatic nitrogens is 1. The van der Waals surface area contributed by atoms with Gasteiger partial charge in [-0.05, 0) is 30.7 Å². The predicted octanol–water partition coefficient (Wildman–Crippen LogP) is 3.26. The molecule has 0 aliphatic carbocycles. The van der Waals surface area contributed by atoms with Gasteiger partial charge in [0.1, 0.15) is 0 Å². The van der Waals surface area contributed by atoms with Crippen LogP contribution < -0.4 is 10.6 Å². The molecule has 0 fully saturated rings. The Balaban J connectivity index is 2.19. The minimum absolute atomic E-state index is 0.0288. The van der Waals surface area contributed by atoms with E-state index in [2.05, 4.69) is 35.0 Å². The normalized spacial score (nSPS) is 12.2. The third-order valence-electron chi connectivity index (χ3n) is 3.12. The maximum Gasteiger partial charge on any atom is 0.0594 e. The third-order valence-corrected chi connectivity index (χ3v) is 3.12. The van der Waals surface area contributed by atoms with Gasteiger partial charge in [-0.3, -0.25) is 4.98 Å². The van der Waals surface area contributed by atoms with Crippen molar-refractivity contribution in [2.45, 2.75) is 19.4 Å². The molecule has 1 atom stereocenters. The van der Waals surface area contributed by atoms with Crippen molar-refractivity contribution in [3.8, 4) is 0 Å². The van der Waals surface area contributed by atoms with E-state index < -0.39 is 0 Å². The first-order chi connectivity index (χ1) is 8.72. The molecule has 0 unspecified atom stereocenters. The molecule has 0 saturated carbocycles. The predicted molar refractivity (Wildman–Crippen MR) is 76.0 cm³/mol. The molecule has 0 radical (unpaired) electrons. The molecule has 18 heavy (non-hydrogen) atoms. The van der Waals surface area contributed by atoms with Crippen LogP contribution in [0.25, 0.3) is 0 Å². The maximum absolute atomic E-state index is 5.96. The Hall–Kier alpha value is -1.87. The molecule has 1 heterocycles. The minimum Gasteiger partial charge on any atom is -0.343 e. The van der Waals surface area contributed by atoms with Crippen LogP contribution in [0.3, 0.4) is 0 Å². The lowest BCUT2D eigenvalue weighted by atomic mass is 10.1. The summed E-state index contributed by atoms with van der Waals surface area (Å²) >= 11 is 0. The lowest BCUT2D eigenvalue weighted by Gasteiger charge is -2.19. The van der Waals surface area contributed by atoms with Gasteiger partial charge in [-0.1, -0.05) is 25.1 Å². The number of benzene rings is 1. The molecular formula is C15H19N3. The second-order valence-corrected chi connectivity index (χ2v) is 4.35. The zero-order valence-electron chi connectivity index (χ0n) is 10.9. The van der Waals surface area contributed by atoms with Gasteiger partial charge in [0.05, 0.1) is 17.6 Å². The fourth-order valence-corrected chi connectivity index (χ4v) is 1.83. The average Bonchev–Trinajstić information content (AvgIpc) is 2.47. The van der Waals surface area contributed by atoms with Gasteiger partial charge in [0.15, 0.2) is 0 Å².